The van der Waals surface area contributed by atoms with E-state index >= 15 is 0 Å². The first kappa shape index (κ1) is 23.1. The summed E-state index contributed by atoms with van der Waals surface area (Å²) in [4.78, 5) is 19.9. The molecule has 0 N–H and O–H groups in total. The molecule has 0 aliphatic heterocycles. The molecule has 33 heavy (non-hydrogen) atoms. The van der Waals surface area contributed by atoms with E-state index in [2.05, 4.69) is 4.98 Å². The third kappa shape index (κ3) is 4.68. The first-order valence-electron chi connectivity index (χ1n) is 10.5. The van der Waals surface area contributed by atoms with Crippen LogP contribution in [0.1, 0.15) is 16.7 Å². The number of carbonyl (C=O) groups excluding carboxylic acids is 1. The highest BCUT2D eigenvalue weighted by Gasteiger charge is 2.28. The van der Waals surface area contributed by atoms with Gasteiger partial charge in [-0.25, -0.2) is 13.4 Å². The van der Waals surface area contributed by atoms with Crippen molar-refractivity contribution in [3.8, 4) is 0 Å². The molecule has 1 aromatic heterocycles. The van der Waals surface area contributed by atoms with Crippen molar-refractivity contribution >= 4 is 48.3 Å². The summed E-state index contributed by atoms with van der Waals surface area (Å²) in [6.07, 6.45) is 0. The van der Waals surface area contributed by atoms with Crippen LogP contribution < -0.4 is 4.90 Å². The Morgan fingerprint density at radius 1 is 0.939 bits per heavy atom. The van der Waals surface area contributed by atoms with Crippen LogP contribution in [0.2, 0.25) is 0 Å². The van der Waals surface area contributed by atoms with Crippen LogP contribution >= 0.6 is 11.3 Å². The van der Waals surface area contributed by atoms with Crippen LogP contribution in [0.4, 0.5) is 10.8 Å². The Morgan fingerprint density at radius 2 is 1.64 bits per heavy atom. The molecule has 0 unspecified atom stereocenters. The van der Waals surface area contributed by atoms with Gasteiger partial charge in [-0.3, -0.25) is 9.69 Å². The molecule has 4 rings (SSSR count). The molecule has 0 aliphatic carbocycles. The van der Waals surface area contributed by atoms with Gasteiger partial charge in [0.2, 0.25) is 15.9 Å². The van der Waals surface area contributed by atoms with Crippen LogP contribution in [-0.2, 0) is 14.8 Å². The fraction of sp³-hybridized carbons (Fsp3) is 0.200. The minimum Gasteiger partial charge on any atom is -0.272 e. The lowest BCUT2D eigenvalue weighted by Gasteiger charge is -2.24. The highest BCUT2D eigenvalue weighted by molar-refractivity contribution is 7.89. The predicted molar refractivity (Wildman–Crippen MR) is 134 cm³/mol. The number of hydrogen-bond donors (Lipinski definition) is 0. The molecule has 3 aromatic carbocycles. The summed E-state index contributed by atoms with van der Waals surface area (Å²) in [6.45, 7) is 5.56. The quantitative estimate of drug-likeness (QED) is 0.381. The molecule has 8 heteroatoms. The Balaban J connectivity index is 1.71. The Labute approximate surface area is 198 Å². The van der Waals surface area contributed by atoms with Gasteiger partial charge >= 0.3 is 0 Å². The molecule has 0 atom stereocenters. The number of hydrogen-bond acceptors (Lipinski definition) is 5. The van der Waals surface area contributed by atoms with Crippen molar-refractivity contribution in [2.24, 2.45) is 0 Å². The zero-order chi connectivity index (χ0) is 23.8. The number of aromatic nitrogens is 1. The van der Waals surface area contributed by atoms with E-state index < -0.39 is 10.0 Å². The summed E-state index contributed by atoms with van der Waals surface area (Å²) >= 11 is 1.40. The van der Waals surface area contributed by atoms with Crippen LogP contribution in [0.15, 0.2) is 71.6 Å². The molecule has 4 aromatic rings. The van der Waals surface area contributed by atoms with Gasteiger partial charge < -0.3 is 0 Å². The Bertz CT molecular complexity index is 1390. The van der Waals surface area contributed by atoms with E-state index in [0.717, 1.165) is 31.2 Å². The zero-order valence-corrected chi connectivity index (χ0v) is 20.6. The van der Waals surface area contributed by atoms with Gasteiger partial charge in [-0.1, -0.05) is 47.2 Å². The van der Waals surface area contributed by atoms with Crippen LogP contribution in [-0.4, -0.2) is 37.2 Å². The molecular formula is C25H25N3O3S2. The van der Waals surface area contributed by atoms with Crippen LogP contribution in [0.5, 0.6) is 0 Å². The number of sulfonamides is 1. The van der Waals surface area contributed by atoms with E-state index in [4.69, 9.17) is 0 Å². The second-order valence-corrected chi connectivity index (χ2v) is 11.1. The number of fused-ring (bicyclic) bond motifs is 1. The standard InChI is InChI=1S/C25H25N3O3S2/c1-17-9-13-21(14-10-17)33(30,31)27(4)16-24(29)28(20-12-11-18(2)19(3)15-20)25-26-22-7-5-6-8-23(22)32-25/h5-15H,16H2,1-4H3. The maximum absolute atomic E-state index is 13.5. The normalized spacial score (nSPS) is 11.8. The minimum atomic E-state index is -3.82. The number of thiazole rings is 1. The van der Waals surface area contributed by atoms with Gasteiger partial charge in [-0.2, -0.15) is 4.31 Å². The lowest BCUT2D eigenvalue weighted by atomic mass is 10.1. The average Bonchev–Trinajstić information content (AvgIpc) is 3.20. The number of aryl methyl sites for hydroxylation is 3. The van der Waals surface area contributed by atoms with Gasteiger partial charge in [0.25, 0.3) is 0 Å². The number of rotatable bonds is 6. The maximum Gasteiger partial charge on any atom is 0.248 e. The first-order valence-corrected chi connectivity index (χ1v) is 12.7. The van der Waals surface area contributed by atoms with E-state index in [1.165, 1.54) is 23.3 Å². The monoisotopic (exact) mass is 479 g/mol. The molecule has 170 valence electrons. The van der Waals surface area contributed by atoms with Gasteiger partial charge in [0.05, 0.1) is 27.3 Å². The second-order valence-electron chi connectivity index (χ2n) is 8.04. The summed E-state index contributed by atoms with van der Waals surface area (Å²) in [7, 11) is -2.40. The van der Waals surface area contributed by atoms with Gasteiger partial charge in [0.1, 0.15) is 0 Å². The average molecular weight is 480 g/mol. The molecule has 1 heterocycles. The SMILES string of the molecule is Cc1ccc(S(=O)(=O)N(C)CC(=O)N(c2ccc(C)c(C)c2)c2nc3ccccc3s2)cc1. The largest absolute Gasteiger partial charge is 0.272 e. The number of anilines is 2. The van der Waals surface area contributed by atoms with Crippen LogP contribution in [0, 0.1) is 20.8 Å². The first-order chi connectivity index (χ1) is 15.7. The Morgan fingerprint density at radius 3 is 2.30 bits per heavy atom. The summed E-state index contributed by atoms with van der Waals surface area (Å²) in [6, 6.07) is 20.0. The van der Waals surface area contributed by atoms with Crippen molar-refractivity contribution in [2.75, 3.05) is 18.5 Å². The number of para-hydroxylation sites is 1. The van der Waals surface area contributed by atoms with E-state index in [9.17, 15) is 13.2 Å². The minimum absolute atomic E-state index is 0.154. The van der Waals surface area contributed by atoms with Crippen molar-refractivity contribution < 1.29 is 13.2 Å². The van der Waals surface area contributed by atoms with Crippen molar-refractivity contribution in [3.63, 3.8) is 0 Å². The van der Waals surface area contributed by atoms with Crippen LogP contribution in [0.25, 0.3) is 10.2 Å². The topological polar surface area (TPSA) is 70.6 Å². The zero-order valence-electron chi connectivity index (χ0n) is 18.9. The third-order valence-electron chi connectivity index (χ3n) is 5.56. The molecular weight excluding hydrogens is 454 g/mol. The molecule has 0 aliphatic rings. The van der Waals surface area contributed by atoms with Crippen LogP contribution in [0.3, 0.4) is 0 Å². The van der Waals surface area contributed by atoms with E-state index in [1.807, 2.05) is 63.2 Å². The lowest BCUT2D eigenvalue weighted by Crippen LogP contribution is -2.39. The van der Waals surface area contributed by atoms with E-state index in [-0.39, 0.29) is 17.3 Å². The Kier molecular flexibility index (Phi) is 6.34. The smallest absolute Gasteiger partial charge is 0.248 e. The second kappa shape index (κ2) is 9.05. The van der Waals surface area contributed by atoms with Gasteiger partial charge in [0, 0.05) is 7.05 Å². The number of likely N-dealkylation sites (N-methyl/N-ethyl adjacent to an activating group) is 1. The molecule has 0 saturated heterocycles. The number of benzene rings is 3. The summed E-state index contributed by atoms with van der Waals surface area (Å²) in [5.74, 6) is -0.379. The number of nitrogens with zero attached hydrogens (tertiary/aromatic N) is 3. The lowest BCUT2D eigenvalue weighted by molar-refractivity contribution is -0.117. The molecule has 1 amide bonds. The highest BCUT2D eigenvalue weighted by Crippen LogP contribution is 2.34. The fourth-order valence-corrected chi connectivity index (χ4v) is 5.54. The number of amides is 1. The van der Waals surface area contributed by atoms with E-state index in [1.54, 1.807) is 24.3 Å². The Hall–Kier alpha value is -3.07. The van der Waals surface area contributed by atoms with Gasteiger partial charge in [0.15, 0.2) is 5.13 Å². The van der Waals surface area contributed by atoms with E-state index in [0.29, 0.717) is 10.8 Å². The van der Waals surface area contributed by atoms with Gasteiger partial charge in [-0.05, 0) is 68.3 Å². The fourth-order valence-electron chi connectivity index (χ4n) is 3.42. The number of carbonyl (C=O) groups is 1. The summed E-state index contributed by atoms with van der Waals surface area (Å²) in [5.41, 5.74) is 4.55. The molecule has 0 bridgehead atoms. The maximum atomic E-state index is 13.5. The van der Waals surface area contributed by atoms with Crippen molar-refractivity contribution in [3.05, 3.63) is 83.4 Å². The van der Waals surface area contributed by atoms with Crippen molar-refractivity contribution in [1.29, 1.82) is 0 Å². The summed E-state index contributed by atoms with van der Waals surface area (Å²) in [5, 5.41) is 0.505. The molecule has 0 fully saturated rings. The summed E-state index contributed by atoms with van der Waals surface area (Å²) < 4.78 is 28.2. The molecule has 0 spiro atoms. The third-order valence-corrected chi connectivity index (χ3v) is 8.40. The highest BCUT2D eigenvalue weighted by atomic mass is 32.2. The predicted octanol–water partition coefficient (Wildman–Crippen LogP) is 5.21. The van der Waals surface area contributed by atoms with Crippen molar-refractivity contribution in [1.82, 2.24) is 9.29 Å². The molecule has 0 saturated carbocycles. The van der Waals surface area contributed by atoms with Crippen molar-refractivity contribution in [2.45, 2.75) is 25.7 Å². The molecule has 0 radical (unpaired) electrons. The molecule has 6 nitrogen and oxygen atoms in total. The van der Waals surface area contributed by atoms with Gasteiger partial charge in [-0.15, -0.1) is 0 Å².